The minimum absolute atomic E-state index is 0.0450. The number of anilines is 1. The lowest BCUT2D eigenvalue weighted by atomic mass is 9.98. The van der Waals surface area contributed by atoms with Gasteiger partial charge in [-0.25, -0.2) is 4.79 Å². The summed E-state index contributed by atoms with van der Waals surface area (Å²) in [5.74, 6) is -1.01. The molecule has 0 saturated heterocycles. The molecule has 0 fully saturated rings. The average molecular weight is 417 g/mol. The maximum absolute atomic E-state index is 12.7. The summed E-state index contributed by atoms with van der Waals surface area (Å²) in [5, 5.41) is 12.1. The molecule has 3 aromatic carbocycles. The summed E-state index contributed by atoms with van der Waals surface area (Å²) in [6.07, 6.45) is 0.824. The lowest BCUT2D eigenvalue weighted by Crippen LogP contribution is -2.13. The SMILES string of the molecule is CCCOc1cccc(C(=O)Nc2cccc(C(=O)Cc3ccccc3C(=O)O)c2)c1. The third kappa shape index (κ3) is 5.79. The Labute approximate surface area is 180 Å². The summed E-state index contributed by atoms with van der Waals surface area (Å²) in [5.41, 5.74) is 1.85. The first-order valence-electron chi connectivity index (χ1n) is 9.96. The fourth-order valence-corrected chi connectivity index (χ4v) is 3.08. The second-order valence-electron chi connectivity index (χ2n) is 6.97. The lowest BCUT2D eigenvalue weighted by Gasteiger charge is -2.10. The number of carbonyl (C=O) groups excluding carboxylic acids is 2. The van der Waals surface area contributed by atoms with Crippen molar-refractivity contribution in [3.8, 4) is 5.75 Å². The fraction of sp³-hybridized carbons (Fsp3) is 0.160. The molecule has 3 aromatic rings. The molecule has 1 amide bonds. The highest BCUT2D eigenvalue weighted by atomic mass is 16.5. The minimum atomic E-state index is -1.07. The molecule has 6 heteroatoms. The van der Waals surface area contributed by atoms with E-state index in [-0.39, 0.29) is 23.7 Å². The van der Waals surface area contributed by atoms with Crippen molar-refractivity contribution in [3.63, 3.8) is 0 Å². The first-order valence-corrected chi connectivity index (χ1v) is 9.96. The molecular weight excluding hydrogens is 394 g/mol. The number of nitrogens with one attached hydrogen (secondary N) is 1. The van der Waals surface area contributed by atoms with Crippen molar-refractivity contribution < 1.29 is 24.2 Å². The van der Waals surface area contributed by atoms with Crippen LogP contribution >= 0.6 is 0 Å². The monoisotopic (exact) mass is 417 g/mol. The number of benzene rings is 3. The molecule has 0 aliphatic carbocycles. The molecule has 0 atom stereocenters. The molecule has 2 N–H and O–H groups in total. The van der Waals surface area contributed by atoms with Crippen molar-refractivity contribution in [2.75, 3.05) is 11.9 Å². The summed E-state index contributed by atoms with van der Waals surface area (Å²) in [7, 11) is 0. The minimum Gasteiger partial charge on any atom is -0.494 e. The molecule has 0 unspecified atom stereocenters. The number of hydrogen-bond acceptors (Lipinski definition) is 4. The van der Waals surface area contributed by atoms with E-state index < -0.39 is 5.97 Å². The Balaban J connectivity index is 1.72. The average Bonchev–Trinajstić information content (AvgIpc) is 2.78. The summed E-state index contributed by atoms with van der Waals surface area (Å²) >= 11 is 0. The molecule has 0 saturated carbocycles. The molecule has 158 valence electrons. The molecule has 0 aromatic heterocycles. The zero-order valence-corrected chi connectivity index (χ0v) is 17.1. The maximum atomic E-state index is 12.7. The van der Waals surface area contributed by atoms with Crippen LogP contribution in [-0.2, 0) is 6.42 Å². The first-order chi connectivity index (χ1) is 15.0. The van der Waals surface area contributed by atoms with Crippen molar-refractivity contribution in [2.45, 2.75) is 19.8 Å². The van der Waals surface area contributed by atoms with Gasteiger partial charge in [0.2, 0.25) is 0 Å². The van der Waals surface area contributed by atoms with Gasteiger partial charge >= 0.3 is 5.97 Å². The number of amides is 1. The zero-order chi connectivity index (χ0) is 22.2. The highest BCUT2D eigenvalue weighted by Crippen LogP contribution is 2.18. The number of carboxylic acids is 1. The normalized spacial score (nSPS) is 10.4. The van der Waals surface area contributed by atoms with Crippen LogP contribution in [0.25, 0.3) is 0 Å². The van der Waals surface area contributed by atoms with Gasteiger partial charge in [0.05, 0.1) is 12.2 Å². The van der Waals surface area contributed by atoms with E-state index >= 15 is 0 Å². The highest BCUT2D eigenvalue weighted by molar-refractivity contribution is 6.06. The van der Waals surface area contributed by atoms with Gasteiger partial charge in [0, 0.05) is 23.2 Å². The van der Waals surface area contributed by atoms with Gasteiger partial charge in [-0.15, -0.1) is 0 Å². The number of rotatable bonds is 9. The molecule has 6 nitrogen and oxygen atoms in total. The third-order valence-corrected chi connectivity index (χ3v) is 4.61. The maximum Gasteiger partial charge on any atom is 0.335 e. The number of carboxylic acid groups (broad SMARTS) is 1. The van der Waals surface area contributed by atoms with Crippen LogP contribution in [0, 0.1) is 0 Å². The van der Waals surface area contributed by atoms with Crippen molar-refractivity contribution in [1.82, 2.24) is 0 Å². The quantitative estimate of drug-likeness (QED) is 0.486. The molecule has 3 rings (SSSR count). The van der Waals surface area contributed by atoms with Crippen LogP contribution in [0.15, 0.2) is 72.8 Å². The number of ether oxygens (including phenoxy) is 1. The topological polar surface area (TPSA) is 92.7 Å². The second-order valence-corrected chi connectivity index (χ2v) is 6.97. The molecule has 0 aliphatic rings. The van der Waals surface area contributed by atoms with Crippen LogP contribution in [0.2, 0.25) is 0 Å². The zero-order valence-electron chi connectivity index (χ0n) is 17.1. The third-order valence-electron chi connectivity index (χ3n) is 4.61. The number of Topliss-reactive ketones (excluding diaryl/α,β-unsaturated/α-hetero) is 1. The predicted molar refractivity (Wildman–Crippen MR) is 118 cm³/mol. The van der Waals surface area contributed by atoms with Gasteiger partial charge in [-0.1, -0.05) is 43.3 Å². The molecule has 31 heavy (non-hydrogen) atoms. The molecule has 0 heterocycles. The van der Waals surface area contributed by atoms with Crippen LogP contribution < -0.4 is 10.1 Å². The Morgan fingerprint density at radius 3 is 2.42 bits per heavy atom. The van der Waals surface area contributed by atoms with E-state index in [1.54, 1.807) is 66.7 Å². The van der Waals surface area contributed by atoms with E-state index in [1.807, 2.05) is 6.92 Å². The standard InChI is InChI=1S/C25H23NO5/c1-2-13-31-21-11-6-9-19(15-21)24(28)26-20-10-5-8-18(14-20)23(27)16-17-7-3-4-12-22(17)25(29)30/h3-12,14-15H,2,13,16H2,1H3,(H,26,28)(H,29,30). The molecule has 0 bridgehead atoms. The number of carbonyl (C=O) groups is 3. The Hall–Kier alpha value is -3.93. The lowest BCUT2D eigenvalue weighted by molar-refractivity contribution is 0.0695. The van der Waals surface area contributed by atoms with E-state index in [2.05, 4.69) is 5.32 Å². The van der Waals surface area contributed by atoms with Crippen molar-refractivity contribution >= 4 is 23.3 Å². The smallest absolute Gasteiger partial charge is 0.335 e. The second kappa shape index (κ2) is 10.2. The van der Waals surface area contributed by atoms with Crippen LogP contribution in [0.1, 0.15) is 50.0 Å². The van der Waals surface area contributed by atoms with E-state index in [9.17, 15) is 19.5 Å². The van der Waals surface area contributed by atoms with Crippen LogP contribution in [0.3, 0.4) is 0 Å². The summed E-state index contributed by atoms with van der Waals surface area (Å²) < 4.78 is 5.56. The van der Waals surface area contributed by atoms with E-state index in [1.165, 1.54) is 6.07 Å². The largest absolute Gasteiger partial charge is 0.494 e. The molecule has 0 aliphatic heterocycles. The van der Waals surface area contributed by atoms with Crippen LogP contribution in [-0.4, -0.2) is 29.4 Å². The van der Waals surface area contributed by atoms with Crippen molar-refractivity contribution in [1.29, 1.82) is 0 Å². The molecular formula is C25H23NO5. The first kappa shape index (κ1) is 21.8. The Morgan fingerprint density at radius 1 is 0.903 bits per heavy atom. The number of aromatic carboxylic acids is 1. The van der Waals surface area contributed by atoms with E-state index in [0.29, 0.717) is 34.7 Å². The van der Waals surface area contributed by atoms with Gasteiger partial charge in [-0.3, -0.25) is 9.59 Å². The number of ketones is 1. The van der Waals surface area contributed by atoms with Crippen molar-refractivity contribution in [3.05, 3.63) is 95.1 Å². The Bertz CT molecular complexity index is 1110. The van der Waals surface area contributed by atoms with E-state index in [4.69, 9.17) is 4.74 Å². The van der Waals surface area contributed by atoms with Gasteiger partial charge in [-0.05, 0) is 48.4 Å². The van der Waals surface area contributed by atoms with Gasteiger partial charge in [0.1, 0.15) is 5.75 Å². The Kier molecular flexibility index (Phi) is 7.17. The predicted octanol–water partition coefficient (Wildman–Crippen LogP) is 4.85. The van der Waals surface area contributed by atoms with Crippen LogP contribution in [0.5, 0.6) is 5.75 Å². The fourth-order valence-electron chi connectivity index (χ4n) is 3.08. The number of hydrogen-bond donors (Lipinski definition) is 2. The van der Waals surface area contributed by atoms with Crippen molar-refractivity contribution in [2.24, 2.45) is 0 Å². The molecule has 0 radical (unpaired) electrons. The summed E-state index contributed by atoms with van der Waals surface area (Å²) in [6, 6.07) is 19.9. The van der Waals surface area contributed by atoms with E-state index in [0.717, 1.165) is 6.42 Å². The summed E-state index contributed by atoms with van der Waals surface area (Å²) in [4.78, 5) is 36.7. The molecule has 0 spiro atoms. The Morgan fingerprint density at radius 2 is 1.65 bits per heavy atom. The van der Waals surface area contributed by atoms with Gasteiger partial charge < -0.3 is 15.2 Å². The van der Waals surface area contributed by atoms with Gasteiger partial charge in [0.15, 0.2) is 5.78 Å². The summed E-state index contributed by atoms with van der Waals surface area (Å²) in [6.45, 7) is 2.57. The van der Waals surface area contributed by atoms with Gasteiger partial charge in [-0.2, -0.15) is 0 Å². The highest BCUT2D eigenvalue weighted by Gasteiger charge is 2.15. The van der Waals surface area contributed by atoms with Crippen LogP contribution in [0.4, 0.5) is 5.69 Å². The van der Waals surface area contributed by atoms with Gasteiger partial charge in [0.25, 0.3) is 5.91 Å².